The maximum absolute atomic E-state index is 3.52. The van der Waals surface area contributed by atoms with Crippen LogP contribution in [0.4, 0.5) is 0 Å². The molecule has 66 valence electrons. The summed E-state index contributed by atoms with van der Waals surface area (Å²) < 4.78 is 0. The van der Waals surface area contributed by atoms with Crippen molar-refractivity contribution >= 4 is 0 Å². The van der Waals surface area contributed by atoms with Gasteiger partial charge in [-0.15, -0.1) is 0 Å². The first-order valence-electron chi connectivity index (χ1n) is 4.70. The first-order valence-corrected chi connectivity index (χ1v) is 4.70. The Bertz CT molecular complexity index is 222. The Labute approximate surface area is 73.4 Å². The highest BCUT2D eigenvalue weighted by atomic mass is 14.9. The van der Waals surface area contributed by atoms with Crippen LogP contribution in [0, 0.1) is 5.92 Å². The normalized spacial score (nSPS) is 28.4. The molecule has 0 aromatic carbocycles. The van der Waals surface area contributed by atoms with Gasteiger partial charge in [0.05, 0.1) is 0 Å². The van der Waals surface area contributed by atoms with E-state index >= 15 is 0 Å². The van der Waals surface area contributed by atoms with Crippen LogP contribution in [0.1, 0.15) is 25.5 Å². The lowest BCUT2D eigenvalue weighted by Crippen LogP contribution is -2.39. The Morgan fingerprint density at radius 2 is 2.42 bits per heavy atom. The highest BCUT2D eigenvalue weighted by molar-refractivity contribution is 5.03. The molecule has 0 aliphatic heterocycles. The quantitative estimate of drug-likeness (QED) is 0.701. The molecule has 0 spiro atoms. The molecule has 1 aromatic rings. The lowest BCUT2D eigenvalue weighted by atomic mass is 9.82. The summed E-state index contributed by atoms with van der Waals surface area (Å²) in [7, 11) is 0. The van der Waals surface area contributed by atoms with E-state index in [-0.39, 0.29) is 0 Å². The largest absolute Gasteiger partial charge is 0.364 e. The molecule has 1 fully saturated rings. The molecule has 1 aliphatic carbocycles. The molecule has 0 amide bonds. The maximum Gasteiger partial charge on any atom is 0.0359 e. The van der Waals surface area contributed by atoms with Gasteiger partial charge >= 0.3 is 0 Å². The van der Waals surface area contributed by atoms with E-state index in [1.165, 1.54) is 18.5 Å². The summed E-state index contributed by atoms with van der Waals surface area (Å²) in [5, 5.41) is 3.52. The van der Waals surface area contributed by atoms with E-state index in [0.29, 0.717) is 0 Å². The molecule has 1 saturated carbocycles. The number of hydrogen-bond acceptors (Lipinski definition) is 1. The van der Waals surface area contributed by atoms with Gasteiger partial charge in [0.2, 0.25) is 0 Å². The van der Waals surface area contributed by atoms with Crippen molar-refractivity contribution in [2.24, 2.45) is 5.92 Å². The van der Waals surface area contributed by atoms with Gasteiger partial charge in [-0.2, -0.15) is 0 Å². The van der Waals surface area contributed by atoms with Gasteiger partial charge in [-0.1, -0.05) is 6.92 Å². The number of nitrogens with one attached hydrogen (secondary N) is 2. The Morgan fingerprint density at radius 1 is 1.58 bits per heavy atom. The third kappa shape index (κ3) is 1.69. The molecular formula is C10H16N2. The van der Waals surface area contributed by atoms with E-state index in [1.807, 2.05) is 12.3 Å². The Kier molecular flexibility index (Phi) is 2.17. The number of aromatic amines is 1. The summed E-state index contributed by atoms with van der Waals surface area (Å²) in [5.74, 6) is 0.936. The zero-order valence-electron chi connectivity index (χ0n) is 7.51. The molecule has 2 rings (SSSR count). The first kappa shape index (κ1) is 7.87. The average Bonchev–Trinajstić information content (AvgIpc) is 2.47. The van der Waals surface area contributed by atoms with Crippen LogP contribution in [0.5, 0.6) is 0 Å². The summed E-state index contributed by atoms with van der Waals surface area (Å²) in [4.78, 5) is 3.19. The van der Waals surface area contributed by atoms with Crippen LogP contribution in [-0.2, 0) is 6.54 Å². The van der Waals surface area contributed by atoms with Gasteiger partial charge in [0, 0.05) is 24.5 Å². The second kappa shape index (κ2) is 3.31. The molecule has 1 aliphatic rings. The monoisotopic (exact) mass is 164 g/mol. The van der Waals surface area contributed by atoms with Crippen molar-refractivity contribution in [3.8, 4) is 0 Å². The van der Waals surface area contributed by atoms with Crippen molar-refractivity contribution < 1.29 is 0 Å². The fourth-order valence-corrected chi connectivity index (χ4v) is 1.80. The molecule has 2 heteroatoms. The Hall–Kier alpha value is -0.760. The van der Waals surface area contributed by atoms with Crippen molar-refractivity contribution in [2.45, 2.75) is 32.4 Å². The van der Waals surface area contributed by atoms with Crippen LogP contribution in [-0.4, -0.2) is 11.0 Å². The molecule has 0 saturated heterocycles. The number of hydrogen-bond donors (Lipinski definition) is 2. The third-order valence-corrected chi connectivity index (χ3v) is 2.62. The summed E-state index contributed by atoms with van der Waals surface area (Å²) >= 11 is 0. The topological polar surface area (TPSA) is 27.8 Å². The lowest BCUT2D eigenvalue weighted by Gasteiger charge is -2.33. The zero-order chi connectivity index (χ0) is 8.39. The lowest BCUT2D eigenvalue weighted by molar-refractivity contribution is 0.240. The second-order valence-electron chi connectivity index (χ2n) is 3.85. The fraction of sp³-hybridized carbons (Fsp3) is 0.600. The smallest absolute Gasteiger partial charge is 0.0359 e. The van der Waals surface area contributed by atoms with Crippen LogP contribution in [0.15, 0.2) is 18.3 Å². The van der Waals surface area contributed by atoms with Crippen LogP contribution in [0.3, 0.4) is 0 Å². The highest BCUT2D eigenvalue weighted by Gasteiger charge is 2.24. The molecule has 0 atom stereocenters. The van der Waals surface area contributed by atoms with E-state index < -0.39 is 0 Å². The fourth-order valence-electron chi connectivity index (χ4n) is 1.80. The standard InChI is InChI=1S/C10H16N2/c1-8-5-10(6-8)12-7-9-3-2-4-11-9/h2-4,8,10-12H,5-7H2,1H3. The molecule has 0 unspecified atom stereocenters. The van der Waals surface area contributed by atoms with Crippen LogP contribution in [0.2, 0.25) is 0 Å². The van der Waals surface area contributed by atoms with E-state index in [4.69, 9.17) is 0 Å². The van der Waals surface area contributed by atoms with E-state index in [1.54, 1.807) is 0 Å². The van der Waals surface area contributed by atoms with Crippen molar-refractivity contribution in [3.63, 3.8) is 0 Å². The molecule has 0 radical (unpaired) electrons. The SMILES string of the molecule is CC1CC(NCc2ccc[nH]2)C1. The maximum atomic E-state index is 3.52. The van der Waals surface area contributed by atoms with E-state index in [0.717, 1.165) is 18.5 Å². The van der Waals surface area contributed by atoms with Gasteiger partial charge in [0.15, 0.2) is 0 Å². The predicted octanol–water partition coefficient (Wildman–Crippen LogP) is 1.90. The second-order valence-corrected chi connectivity index (χ2v) is 3.85. The van der Waals surface area contributed by atoms with E-state index in [9.17, 15) is 0 Å². The van der Waals surface area contributed by atoms with Crippen molar-refractivity contribution in [1.29, 1.82) is 0 Å². The average molecular weight is 164 g/mol. The number of rotatable bonds is 3. The zero-order valence-corrected chi connectivity index (χ0v) is 7.51. The predicted molar refractivity (Wildman–Crippen MR) is 49.8 cm³/mol. The van der Waals surface area contributed by atoms with Gasteiger partial charge in [-0.05, 0) is 30.9 Å². The first-order chi connectivity index (χ1) is 5.84. The van der Waals surface area contributed by atoms with Crippen molar-refractivity contribution in [2.75, 3.05) is 0 Å². The summed E-state index contributed by atoms with van der Waals surface area (Å²) in [6, 6.07) is 4.93. The number of H-pyrrole nitrogens is 1. The molecule has 2 N–H and O–H groups in total. The minimum Gasteiger partial charge on any atom is -0.364 e. The van der Waals surface area contributed by atoms with Gasteiger partial charge in [0.1, 0.15) is 0 Å². The van der Waals surface area contributed by atoms with Gasteiger partial charge in [-0.3, -0.25) is 0 Å². The molecule has 2 nitrogen and oxygen atoms in total. The molecular weight excluding hydrogens is 148 g/mol. The van der Waals surface area contributed by atoms with Crippen LogP contribution < -0.4 is 5.32 Å². The molecule has 0 bridgehead atoms. The number of aromatic nitrogens is 1. The Morgan fingerprint density at radius 3 is 3.00 bits per heavy atom. The molecule has 1 heterocycles. The van der Waals surface area contributed by atoms with Crippen molar-refractivity contribution in [1.82, 2.24) is 10.3 Å². The highest BCUT2D eigenvalue weighted by Crippen LogP contribution is 2.26. The summed E-state index contributed by atoms with van der Waals surface area (Å²) in [6.07, 6.45) is 4.67. The third-order valence-electron chi connectivity index (χ3n) is 2.62. The minimum absolute atomic E-state index is 0.767. The summed E-state index contributed by atoms with van der Waals surface area (Å²) in [5.41, 5.74) is 1.29. The molecule has 1 aromatic heterocycles. The minimum atomic E-state index is 0.767. The van der Waals surface area contributed by atoms with Gasteiger partial charge in [0.25, 0.3) is 0 Å². The van der Waals surface area contributed by atoms with Crippen LogP contribution in [0.25, 0.3) is 0 Å². The van der Waals surface area contributed by atoms with Gasteiger partial charge in [-0.25, -0.2) is 0 Å². The van der Waals surface area contributed by atoms with Crippen molar-refractivity contribution in [3.05, 3.63) is 24.0 Å². The summed E-state index contributed by atoms with van der Waals surface area (Å²) in [6.45, 7) is 3.30. The molecule has 12 heavy (non-hydrogen) atoms. The van der Waals surface area contributed by atoms with Gasteiger partial charge < -0.3 is 10.3 Å². The van der Waals surface area contributed by atoms with E-state index in [2.05, 4.69) is 23.3 Å². The van der Waals surface area contributed by atoms with Crippen LogP contribution >= 0.6 is 0 Å². The Balaban J connectivity index is 1.70.